The van der Waals surface area contributed by atoms with Crippen LogP contribution in [0.1, 0.15) is 16.0 Å². The highest BCUT2D eigenvalue weighted by atomic mass is 32.1. The number of fused-ring (bicyclic) bond motifs is 1. The van der Waals surface area contributed by atoms with Crippen molar-refractivity contribution in [2.45, 2.75) is 20.8 Å². The topological polar surface area (TPSA) is 42.2 Å². The molecule has 4 rings (SSSR count). The minimum Gasteiger partial charge on any atom is -0.339 e. The standard InChI is InChI=1S/C19H18N4S/c1-12-5-4-6-13(2)17(12)22-19-18(15-8-7-14(3)24-15)21-16-11-20-9-10-23(16)19/h4-11,22H,1-3H3. The fourth-order valence-corrected chi connectivity index (χ4v) is 3.75. The van der Waals surface area contributed by atoms with Crippen molar-refractivity contribution >= 4 is 28.5 Å². The fourth-order valence-electron chi connectivity index (χ4n) is 2.89. The maximum absolute atomic E-state index is 4.80. The third kappa shape index (κ3) is 2.47. The molecule has 0 unspecified atom stereocenters. The number of hydrogen-bond donors (Lipinski definition) is 1. The largest absolute Gasteiger partial charge is 0.339 e. The average Bonchev–Trinajstić information content (AvgIpc) is 3.15. The third-order valence-electron chi connectivity index (χ3n) is 4.13. The van der Waals surface area contributed by atoms with E-state index in [-0.39, 0.29) is 0 Å². The minimum absolute atomic E-state index is 0.840. The maximum atomic E-state index is 4.80. The summed E-state index contributed by atoms with van der Waals surface area (Å²) >= 11 is 1.75. The van der Waals surface area contributed by atoms with Crippen LogP contribution in [0, 0.1) is 20.8 Å². The Labute approximate surface area is 144 Å². The van der Waals surface area contributed by atoms with Gasteiger partial charge in [-0.2, -0.15) is 0 Å². The number of imidazole rings is 1. The SMILES string of the molecule is Cc1ccc(-c2nc3cnccn3c2Nc2c(C)cccc2C)s1. The molecular formula is C19H18N4S. The third-order valence-corrected chi connectivity index (χ3v) is 5.14. The van der Waals surface area contributed by atoms with E-state index >= 15 is 0 Å². The van der Waals surface area contributed by atoms with E-state index in [1.165, 1.54) is 16.0 Å². The van der Waals surface area contributed by atoms with Crippen molar-refractivity contribution in [3.63, 3.8) is 0 Å². The summed E-state index contributed by atoms with van der Waals surface area (Å²) in [5, 5.41) is 3.62. The first-order valence-corrected chi connectivity index (χ1v) is 8.67. The lowest BCUT2D eigenvalue weighted by Gasteiger charge is -2.13. The normalized spacial score (nSPS) is 11.1. The highest BCUT2D eigenvalue weighted by Gasteiger charge is 2.17. The first-order valence-electron chi connectivity index (χ1n) is 7.85. The molecular weight excluding hydrogens is 316 g/mol. The van der Waals surface area contributed by atoms with Crippen molar-refractivity contribution in [1.82, 2.24) is 14.4 Å². The Morgan fingerprint density at radius 3 is 2.54 bits per heavy atom. The maximum Gasteiger partial charge on any atom is 0.157 e. The Bertz CT molecular complexity index is 1010. The summed E-state index contributed by atoms with van der Waals surface area (Å²) in [5.41, 5.74) is 5.36. The molecule has 1 N–H and O–H groups in total. The zero-order valence-electron chi connectivity index (χ0n) is 13.9. The molecule has 0 spiro atoms. The summed E-state index contributed by atoms with van der Waals surface area (Å²) in [5.74, 6) is 0.978. The van der Waals surface area contributed by atoms with E-state index in [9.17, 15) is 0 Å². The van der Waals surface area contributed by atoms with E-state index in [0.29, 0.717) is 0 Å². The second-order valence-electron chi connectivity index (χ2n) is 5.92. The Kier molecular flexibility index (Phi) is 3.58. The second kappa shape index (κ2) is 5.76. The van der Waals surface area contributed by atoms with Crippen LogP contribution in [-0.2, 0) is 0 Å². The second-order valence-corrected chi connectivity index (χ2v) is 7.20. The van der Waals surface area contributed by atoms with Crippen LogP contribution in [0.2, 0.25) is 0 Å². The minimum atomic E-state index is 0.840. The highest BCUT2D eigenvalue weighted by Crippen LogP contribution is 2.36. The average molecular weight is 334 g/mol. The molecule has 0 bridgehead atoms. The molecule has 0 amide bonds. The van der Waals surface area contributed by atoms with Gasteiger partial charge in [-0.15, -0.1) is 11.3 Å². The van der Waals surface area contributed by atoms with E-state index < -0.39 is 0 Å². The Balaban J connectivity index is 1.93. The van der Waals surface area contributed by atoms with Crippen molar-refractivity contribution in [2.24, 2.45) is 0 Å². The van der Waals surface area contributed by atoms with E-state index in [2.05, 4.69) is 65.8 Å². The molecule has 4 nitrogen and oxygen atoms in total. The number of aromatic nitrogens is 3. The quantitative estimate of drug-likeness (QED) is 0.565. The van der Waals surface area contributed by atoms with Gasteiger partial charge in [0.2, 0.25) is 0 Å². The molecule has 0 saturated heterocycles. The molecule has 5 heteroatoms. The molecule has 0 fully saturated rings. The number of benzene rings is 1. The smallest absolute Gasteiger partial charge is 0.157 e. The lowest BCUT2D eigenvalue weighted by molar-refractivity contribution is 1.12. The Morgan fingerprint density at radius 2 is 1.83 bits per heavy atom. The Morgan fingerprint density at radius 1 is 1.04 bits per heavy atom. The summed E-state index contributed by atoms with van der Waals surface area (Å²) in [6.07, 6.45) is 5.52. The van der Waals surface area contributed by atoms with Crippen LogP contribution >= 0.6 is 11.3 Å². The molecule has 0 aliphatic heterocycles. The molecule has 0 saturated carbocycles. The monoisotopic (exact) mass is 334 g/mol. The van der Waals surface area contributed by atoms with Crippen LogP contribution in [0.3, 0.4) is 0 Å². The predicted octanol–water partition coefficient (Wildman–Crippen LogP) is 5.13. The van der Waals surface area contributed by atoms with Crippen LogP contribution in [-0.4, -0.2) is 14.4 Å². The van der Waals surface area contributed by atoms with Crippen LogP contribution in [0.5, 0.6) is 0 Å². The van der Waals surface area contributed by atoms with Crippen LogP contribution in [0.15, 0.2) is 48.9 Å². The van der Waals surface area contributed by atoms with Gasteiger partial charge in [-0.05, 0) is 44.0 Å². The number of aryl methyl sites for hydroxylation is 3. The van der Waals surface area contributed by atoms with Crippen LogP contribution < -0.4 is 5.32 Å². The highest BCUT2D eigenvalue weighted by molar-refractivity contribution is 7.15. The van der Waals surface area contributed by atoms with Gasteiger partial charge in [0.25, 0.3) is 0 Å². The van der Waals surface area contributed by atoms with Crippen molar-refractivity contribution in [1.29, 1.82) is 0 Å². The van der Waals surface area contributed by atoms with Gasteiger partial charge in [-0.3, -0.25) is 9.38 Å². The number of para-hydroxylation sites is 1. The molecule has 3 aromatic heterocycles. The summed E-state index contributed by atoms with van der Waals surface area (Å²) in [7, 11) is 0. The molecule has 4 aromatic rings. The van der Waals surface area contributed by atoms with E-state index in [4.69, 9.17) is 4.98 Å². The molecule has 0 aliphatic carbocycles. The number of anilines is 2. The summed E-state index contributed by atoms with van der Waals surface area (Å²) in [6.45, 7) is 6.36. The predicted molar refractivity (Wildman–Crippen MR) is 100 cm³/mol. The van der Waals surface area contributed by atoms with Crippen LogP contribution in [0.25, 0.3) is 16.2 Å². The molecule has 120 valence electrons. The van der Waals surface area contributed by atoms with Crippen molar-refractivity contribution in [2.75, 3.05) is 5.32 Å². The number of nitrogens with one attached hydrogen (secondary N) is 1. The molecule has 24 heavy (non-hydrogen) atoms. The molecule has 0 aliphatic rings. The van der Waals surface area contributed by atoms with Crippen molar-refractivity contribution < 1.29 is 0 Å². The van der Waals surface area contributed by atoms with Gasteiger partial charge in [-0.1, -0.05) is 18.2 Å². The zero-order chi connectivity index (χ0) is 16.7. The van der Waals surface area contributed by atoms with Gasteiger partial charge < -0.3 is 5.32 Å². The summed E-state index contributed by atoms with van der Waals surface area (Å²) in [4.78, 5) is 11.4. The van der Waals surface area contributed by atoms with Gasteiger partial charge in [0, 0.05) is 23.0 Å². The van der Waals surface area contributed by atoms with Crippen molar-refractivity contribution in [3.8, 4) is 10.6 Å². The number of hydrogen-bond acceptors (Lipinski definition) is 4. The van der Waals surface area contributed by atoms with E-state index in [1.807, 2.05) is 6.20 Å². The number of thiophene rings is 1. The number of rotatable bonds is 3. The van der Waals surface area contributed by atoms with Gasteiger partial charge >= 0.3 is 0 Å². The van der Waals surface area contributed by atoms with Crippen molar-refractivity contribution in [3.05, 3.63) is 64.9 Å². The summed E-state index contributed by atoms with van der Waals surface area (Å²) in [6, 6.07) is 10.6. The molecule has 0 atom stereocenters. The van der Waals surface area contributed by atoms with Gasteiger partial charge in [-0.25, -0.2) is 4.98 Å². The van der Waals surface area contributed by atoms with E-state index in [1.54, 1.807) is 23.7 Å². The zero-order valence-corrected chi connectivity index (χ0v) is 14.7. The first-order chi connectivity index (χ1) is 11.6. The van der Waals surface area contributed by atoms with E-state index in [0.717, 1.165) is 27.7 Å². The van der Waals surface area contributed by atoms with Gasteiger partial charge in [0.05, 0.1) is 11.1 Å². The molecule has 0 radical (unpaired) electrons. The fraction of sp³-hybridized carbons (Fsp3) is 0.158. The molecule has 3 heterocycles. The molecule has 1 aromatic carbocycles. The number of nitrogens with zero attached hydrogens (tertiary/aromatic N) is 3. The van der Waals surface area contributed by atoms with Gasteiger partial charge in [0.15, 0.2) is 5.65 Å². The lowest BCUT2D eigenvalue weighted by atomic mass is 10.1. The lowest BCUT2D eigenvalue weighted by Crippen LogP contribution is -2.00. The summed E-state index contributed by atoms with van der Waals surface area (Å²) < 4.78 is 2.06. The Hall–Kier alpha value is -2.66. The van der Waals surface area contributed by atoms with Crippen LogP contribution in [0.4, 0.5) is 11.5 Å². The first kappa shape index (κ1) is 14.9. The van der Waals surface area contributed by atoms with Gasteiger partial charge in [0.1, 0.15) is 11.5 Å².